The van der Waals surface area contributed by atoms with E-state index in [2.05, 4.69) is 0 Å². The van der Waals surface area contributed by atoms with Gasteiger partial charge in [-0.3, -0.25) is 9.69 Å². The van der Waals surface area contributed by atoms with Crippen molar-refractivity contribution in [3.63, 3.8) is 0 Å². The highest BCUT2D eigenvalue weighted by Gasteiger charge is 2.28. The summed E-state index contributed by atoms with van der Waals surface area (Å²) < 4.78 is 11.5. The number of amides is 1. The van der Waals surface area contributed by atoms with Gasteiger partial charge < -0.3 is 9.47 Å². The average Bonchev–Trinajstić information content (AvgIpc) is 2.68. The zero-order chi connectivity index (χ0) is 16.4. The van der Waals surface area contributed by atoms with E-state index in [1.807, 2.05) is 13.8 Å². The van der Waals surface area contributed by atoms with Gasteiger partial charge >= 0.3 is 0 Å². The van der Waals surface area contributed by atoms with E-state index < -0.39 is 0 Å². The third-order valence-corrected chi connectivity index (χ3v) is 4.66. The molecule has 1 aliphatic rings. The van der Waals surface area contributed by atoms with Gasteiger partial charge in [-0.1, -0.05) is 35.6 Å². The maximum atomic E-state index is 12.0. The van der Waals surface area contributed by atoms with Crippen LogP contribution < -0.4 is 9.47 Å². The molecule has 2 rings (SSSR count). The normalized spacial score (nSPS) is 16.8. The van der Waals surface area contributed by atoms with Crippen molar-refractivity contribution in [3.05, 3.63) is 27.6 Å². The van der Waals surface area contributed by atoms with Gasteiger partial charge in [-0.25, -0.2) is 0 Å². The molecular weight excluding hydrogens is 342 g/mol. The number of hydrogen-bond acceptors (Lipinski definition) is 5. The Kier molecular flexibility index (Phi) is 5.36. The van der Waals surface area contributed by atoms with Crippen LogP contribution in [-0.2, 0) is 4.79 Å². The van der Waals surface area contributed by atoms with Gasteiger partial charge in [0.25, 0.3) is 5.91 Å². The first-order chi connectivity index (χ1) is 10.3. The van der Waals surface area contributed by atoms with Crippen LogP contribution in [-0.4, -0.2) is 35.4 Å². The van der Waals surface area contributed by atoms with Crippen molar-refractivity contribution in [3.8, 4) is 11.5 Å². The average molecular weight is 358 g/mol. The second-order valence-corrected chi connectivity index (χ2v) is 7.02. The minimum Gasteiger partial charge on any atom is -0.493 e. The van der Waals surface area contributed by atoms with Gasteiger partial charge in [-0.05, 0) is 37.6 Å². The first-order valence-corrected chi connectivity index (χ1v) is 8.19. The number of carbonyl (C=O) groups excluding carboxylic acids is 1. The second-order valence-electron chi connectivity index (χ2n) is 4.94. The highest BCUT2D eigenvalue weighted by atomic mass is 35.5. The standard InChI is InChI=1S/C15H16ClNO3S2/c1-8(2)20-13-10(16)5-9(6-11(13)19-4)7-12-14(18)17(3)15(21)22-12/h5-8H,1-4H3. The van der Waals surface area contributed by atoms with E-state index in [0.717, 1.165) is 5.56 Å². The lowest BCUT2D eigenvalue weighted by molar-refractivity contribution is -0.121. The zero-order valence-electron chi connectivity index (χ0n) is 12.7. The zero-order valence-corrected chi connectivity index (χ0v) is 15.1. The smallest absolute Gasteiger partial charge is 0.265 e. The van der Waals surface area contributed by atoms with E-state index in [-0.39, 0.29) is 12.0 Å². The van der Waals surface area contributed by atoms with Crippen LogP contribution in [0.4, 0.5) is 0 Å². The number of halogens is 1. The number of nitrogens with zero attached hydrogens (tertiary/aromatic N) is 1. The Bertz CT molecular complexity index is 658. The molecule has 1 fully saturated rings. The maximum absolute atomic E-state index is 12.0. The molecule has 1 aromatic rings. The van der Waals surface area contributed by atoms with Crippen molar-refractivity contribution in [2.45, 2.75) is 20.0 Å². The molecule has 22 heavy (non-hydrogen) atoms. The number of likely N-dealkylation sites (N-methyl/N-ethyl adjacent to an activating group) is 1. The second kappa shape index (κ2) is 6.89. The summed E-state index contributed by atoms with van der Waals surface area (Å²) in [6.45, 7) is 3.83. The molecule has 0 unspecified atom stereocenters. The molecule has 0 radical (unpaired) electrons. The molecule has 1 aliphatic heterocycles. The minimum absolute atomic E-state index is 0.0198. The SMILES string of the molecule is COc1cc(C=C2SC(=S)N(C)C2=O)cc(Cl)c1OC(C)C. The van der Waals surface area contributed by atoms with Gasteiger partial charge in [0.15, 0.2) is 11.5 Å². The molecule has 0 aliphatic carbocycles. The van der Waals surface area contributed by atoms with Crippen LogP contribution in [0.2, 0.25) is 5.02 Å². The summed E-state index contributed by atoms with van der Waals surface area (Å²) in [6, 6.07) is 3.52. The predicted molar refractivity (Wildman–Crippen MR) is 94.7 cm³/mol. The minimum atomic E-state index is -0.118. The number of ether oxygens (including phenoxy) is 2. The predicted octanol–water partition coefficient (Wildman–Crippen LogP) is 3.97. The largest absolute Gasteiger partial charge is 0.493 e. The molecular formula is C15H16ClNO3S2. The molecule has 7 heteroatoms. The number of carbonyl (C=O) groups is 1. The summed E-state index contributed by atoms with van der Waals surface area (Å²) in [7, 11) is 3.21. The molecule has 0 aromatic heterocycles. The summed E-state index contributed by atoms with van der Waals surface area (Å²) in [4.78, 5) is 14.0. The van der Waals surface area contributed by atoms with E-state index in [4.69, 9.17) is 33.3 Å². The van der Waals surface area contributed by atoms with Crippen LogP contribution in [0.5, 0.6) is 11.5 Å². The Balaban J connectivity index is 2.40. The van der Waals surface area contributed by atoms with Gasteiger partial charge in [0.2, 0.25) is 0 Å². The molecule has 1 heterocycles. The van der Waals surface area contributed by atoms with Crippen molar-refractivity contribution in [2.24, 2.45) is 0 Å². The van der Waals surface area contributed by atoms with E-state index in [1.54, 1.807) is 32.4 Å². The van der Waals surface area contributed by atoms with Crippen molar-refractivity contribution < 1.29 is 14.3 Å². The Morgan fingerprint density at radius 2 is 2.09 bits per heavy atom. The number of rotatable bonds is 4. The Morgan fingerprint density at radius 3 is 2.59 bits per heavy atom. The molecule has 0 N–H and O–H groups in total. The van der Waals surface area contributed by atoms with Gasteiger partial charge in [-0.15, -0.1) is 0 Å². The number of thiocarbonyl (C=S) groups is 1. The molecule has 4 nitrogen and oxygen atoms in total. The third-order valence-electron chi connectivity index (χ3n) is 2.89. The first-order valence-electron chi connectivity index (χ1n) is 6.59. The third kappa shape index (κ3) is 3.56. The summed E-state index contributed by atoms with van der Waals surface area (Å²) in [5, 5.41) is 0.436. The maximum Gasteiger partial charge on any atom is 0.265 e. The van der Waals surface area contributed by atoms with Crippen molar-refractivity contribution in [1.82, 2.24) is 4.90 Å². The fraction of sp³-hybridized carbons (Fsp3) is 0.333. The number of methoxy groups -OCH3 is 1. The van der Waals surface area contributed by atoms with E-state index in [1.165, 1.54) is 16.7 Å². The van der Waals surface area contributed by atoms with Gasteiger partial charge in [0, 0.05) is 7.05 Å². The fourth-order valence-corrected chi connectivity index (χ4v) is 3.31. The van der Waals surface area contributed by atoms with Crippen LogP contribution in [0.3, 0.4) is 0 Å². The summed E-state index contributed by atoms with van der Waals surface area (Å²) in [5.41, 5.74) is 0.756. The lowest BCUT2D eigenvalue weighted by Crippen LogP contribution is -2.22. The quantitative estimate of drug-likeness (QED) is 0.602. The lowest BCUT2D eigenvalue weighted by Gasteiger charge is -2.15. The summed E-state index contributed by atoms with van der Waals surface area (Å²) >= 11 is 12.7. The Labute approximate surface area is 144 Å². The van der Waals surface area contributed by atoms with Crippen LogP contribution in [0.1, 0.15) is 19.4 Å². The van der Waals surface area contributed by atoms with Crippen LogP contribution in [0.15, 0.2) is 17.0 Å². The van der Waals surface area contributed by atoms with Gasteiger partial charge in [0.05, 0.1) is 23.1 Å². The number of hydrogen-bond donors (Lipinski definition) is 0. The van der Waals surface area contributed by atoms with E-state index in [0.29, 0.717) is 25.7 Å². The van der Waals surface area contributed by atoms with Crippen molar-refractivity contribution in [2.75, 3.05) is 14.2 Å². The topological polar surface area (TPSA) is 38.8 Å². The highest BCUT2D eigenvalue weighted by molar-refractivity contribution is 8.26. The number of benzene rings is 1. The Morgan fingerprint density at radius 1 is 1.41 bits per heavy atom. The molecule has 1 aromatic carbocycles. The monoisotopic (exact) mass is 357 g/mol. The van der Waals surface area contributed by atoms with Gasteiger partial charge in [-0.2, -0.15) is 0 Å². The molecule has 1 saturated heterocycles. The molecule has 0 atom stereocenters. The van der Waals surface area contributed by atoms with E-state index >= 15 is 0 Å². The Hall–Kier alpha value is -1.24. The van der Waals surface area contributed by atoms with Gasteiger partial charge in [0.1, 0.15) is 4.32 Å². The summed E-state index contributed by atoms with van der Waals surface area (Å²) in [6.07, 6.45) is 1.73. The van der Waals surface area contributed by atoms with Crippen molar-refractivity contribution in [1.29, 1.82) is 0 Å². The highest BCUT2D eigenvalue weighted by Crippen LogP contribution is 2.39. The van der Waals surface area contributed by atoms with Crippen LogP contribution >= 0.6 is 35.6 Å². The summed E-state index contributed by atoms with van der Waals surface area (Å²) in [5.74, 6) is 0.909. The fourth-order valence-electron chi connectivity index (χ4n) is 1.87. The molecule has 1 amide bonds. The molecule has 0 bridgehead atoms. The molecule has 0 saturated carbocycles. The van der Waals surface area contributed by atoms with E-state index in [9.17, 15) is 4.79 Å². The van der Waals surface area contributed by atoms with Crippen LogP contribution in [0.25, 0.3) is 6.08 Å². The van der Waals surface area contributed by atoms with Crippen molar-refractivity contribution >= 4 is 51.9 Å². The lowest BCUT2D eigenvalue weighted by atomic mass is 10.1. The number of thioether (sulfide) groups is 1. The molecule has 118 valence electrons. The first kappa shape index (κ1) is 17.1. The van der Waals surface area contributed by atoms with Crippen LogP contribution in [0, 0.1) is 0 Å². The molecule has 0 spiro atoms.